The van der Waals surface area contributed by atoms with E-state index in [1.807, 2.05) is 18.2 Å². The monoisotopic (exact) mass is 484 g/mol. The molecule has 0 unspecified atom stereocenters. The van der Waals surface area contributed by atoms with E-state index in [1.54, 1.807) is 68.0 Å². The first kappa shape index (κ1) is 24.3. The summed E-state index contributed by atoms with van der Waals surface area (Å²) in [4.78, 5) is 33.4. The highest BCUT2D eigenvalue weighted by molar-refractivity contribution is 6.06. The molecular formula is C27H24N4O5. The van der Waals surface area contributed by atoms with Crippen LogP contribution in [0.25, 0.3) is 17.5 Å². The predicted molar refractivity (Wildman–Crippen MR) is 133 cm³/mol. The summed E-state index contributed by atoms with van der Waals surface area (Å²) < 4.78 is 15.8. The first-order valence-electron chi connectivity index (χ1n) is 11.2. The quantitative estimate of drug-likeness (QED) is 0.197. The van der Waals surface area contributed by atoms with Crippen molar-refractivity contribution in [1.29, 1.82) is 0 Å². The molecule has 4 aromatic rings. The third kappa shape index (κ3) is 6.63. The SMILES string of the molecule is COc1ccc(/C=C/C(=O)Nc2ccccc2C(=O)OCCCc2nc(-c3cccnc3)no2)cc1. The van der Waals surface area contributed by atoms with Gasteiger partial charge in [-0.15, -0.1) is 0 Å². The van der Waals surface area contributed by atoms with Crippen LogP contribution in [0.5, 0.6) is 5.75 Å². The van der Waals surface area contributed by atoms with E-state index >= 15 is 0 Å². The maximum absolute atomic E-state index is 12.6. The molecule has 9 heteroatoms. The van der Waals surface area contributed by atoms with E-state index in [0.29, 0.717) is 30.2 Å². The molecule has 2 aromatic carbocycles. The van der Waals surface area contributed by atoms with Gasteiger partial charge in [0.1, 0.15) is 5.75 Å². The van der Waals surface area contributed by atoms with Crippen molar-refractivity contribution in [3.8, 4) is 17.1 Å². The van der Waals surface area contributed by atoms with Gasteiger partial charge in [0.25, 0.3) is 0 Å². The molecule has 0 saturated heterocycles. The molecule has 0 bridgehead atoms. The number of aromatic nitrogens is 3. The van der Waals surface area contributed by atoms with Gasteiger partial charge in [0.05, 0.1) is 25.0 Å². The van der Waals surface area contributed by atoms with Crippen LogP contribution in [-0.4, -0.2) is 40.7 Å². The number of ether oxygens (including phenoxy) is 2. The van der Waals surface area contributed by atoms with E-state index in [-0.39, 0.29) is 18.1 Å². The Morgan fingerprint density at radius 3 is 2.67 bits per heavy atom. The highest BCUT2D eigenvalue weighted by Gasteiger charge is 2.14. The molecule has 0 saturated carbocycles. The average Bonchev–Trinajstić information content (AvgIpc) is 3.40. The number of nitrogens with zero attached hydrogens (tertiary/aromatic N) is 3. The summed E-state index contributed by atoms with van der Waals surface area (Å²) in [5.74, 6) is 0.733. The molecule has 36 heavy (non-hydrogen) atoms. The molecule has 0 radical (unpaired) electrons. The largest absolute Gasteiger partial charge is 0.497 e. The van der Waals surface area contributed by atoms with Gasteiger partial charge in [-0.25, -0.2) is 4.79 Å². The van der Waals surface area contributed by atoms with Crippen molar-refractivity contribution < 1.29 is 23.6 Å². The molecule has 182 valence electrons. The lowest BCUT2D eigenvalue weighted by molar-refractivity contribution is -0.111. The van der Waals surface area contributed by atoms with Gasteiger partial charge >= 0.3 is 5.97 Å². The number of carbonyl (C=O) groups excluding carboxylic acids is 2. The Bertz CT molecular complexity index is 1330. The number of esters is 1. The highest BCUT2D eigenvalue weighted by Crippen LogP contribution is 2.18. The zero-order valence-electron chi connectivity index (χ0n) is 19.6. The van der Waals surface area contributed by atoms with Crippen LogP contribution in [0, 0.1) is 0 Å². The fraction of sp³-hybridized carbons (Fsp3) is 0.148. The second kappa shape index (κ2) is 12.1. The molecule has 0 atom stereocenters. The van der Waals surface area contributed by atoms with Gasteiger partial charge < -0.3 is 19.3 Å². The number of aryl methyl sites for hydroxylation is 1. The lowest BCUT2D eigenvalue weighted by Gasteiger charge is -2.09. The topological polar surface area (TPSA) is 116 Å². The molecule has 0 aliphatic rings. The standard InChI is InChI=1S/C27H24N4O5/c1-34-21-13-10-19(11-14-21)12-15-24(32)29-23-8-3-2-7-22(23)27(33)35-17-5-9-25-30-26(31-36-25)20-6-4-16-28-18-20/h2-4,6-8,10-16,18H,5,9,17H2,1H3,(H,29,32)/b15-12+. The Labute approximate surface area is 207 Å². The van der Waals surface area contributed by atoms with Crippen molar-refractivity contribution in [2.75, 3.05) is 19.0 Å². The number of pyridine rings is 1. The summed E-state index contributed by atoms with van der Waals surface area (Å²) >= 11 is 0. The summed E-state index contributed by atoms with van der Waals surface area (Å²) in [5.41, 5.74) is 2.23. The van der Waals surface area contributed by atoms with Crippen LogP contribution in [-0.2, 0) is 16.0 Å². The van der Waals surface area contributed by atoms with Crippen molar-refractivity contribution >= 4 is 23.6 Å². The van der Waals surface area contributed by atoms with Gasteiger partial charge in [0, 0.05) is 30.5 Å². The Kier molecular flexibility index (Phi) is 8.16. The normalized spacial score (nSPS) is 10.8. The Balaban J connectivity index is 1.27. The van der Waals surface area contributed by atoms with E-state index in [9.17, 15) is 9.59 Å². The minimum absolute atomic E-state index is 0.156. The number of hydrogen-bond acceptors (Lipinski definition) is 8. The lowest BCUT2D eigenvalue weighted by atomic mass is 10.1. The number of nitrogens with one attached hydrogen (secondary N) is 1. The van der Waals surface area contributed by atoms with Crippen molar-refractivity contribution in [2.24, 2.45) is 0 Å². The maximum Gasteiger partial charge on any atom is 0.340 e. The molecular weight excluding hydrogens is 460 g/mol. The fourth-order valence-electron chi connectivity index (χ4n) is 3.27. The Hall–Kier alpha value is -4.79. The molecule has 0 aliphatic carbocycles. The molecule has 2 heterocycles. The van der Waals surface area contributed by atoms with Crippen LogP contribution in [0.3, 0.4) is 0 Å². The summed E-state index contributed by atoms with van der Waals surface area (Å²) in [6.07, 6.45) is 7.35. The number of methoxy groups -OCH3 is 1. The Morgan fingerprint density at radius 2 is 1.89 bits per heavy atom. The minimum Gasteiger partial charge on any atom is -0.497 e. The van der Waals surface area contributed by atoms with E-state index in [4.69, 9.17) is 14.0 Å². The second-order valence-corrected chi connectivity index (χ2v) is 7.63. The number of carbonyl (C=O) groups is 2. The van der Waals surface area contributed by atoms with Crippen LogP contribution in [0.1, 0.15) is 28.2 Å². The van der Waals surface area contributed by atoms with Crippen LogP contribution < -0.4 is 10.1 Å². The fourth-order valence-corrected chi connectivity index (χ4v) is 3.27. The minimum atomic E-state index is -0.536. The van der Waals surface area contributed by atoms with Gasteiger partial charge in [-0.3, -0.25) is 9.78 Å². The number of anilines is 1. The first-order chi connectivity index (χ1) is 17.6. The molecule has 4 rings (SSSR count). The first-order valence-corrected chi connectivity index (χ1v) is 11.2. The summed E-state index contributed by atoms with van der Waals surface area (Å²) in [6, 6.07) is 17.6. The van der Waals surface area contributed by atoms with Crippen LogP contribution in [0.15, 0.2) is 83.7 Å². The predicted octanol–water partition coefficient (Wildman–Crippen LogP) is 4.58. The maximum atomic E-state index is 12.6. The molecule has 1 N–H and O–H groups in total. The third-order valence-electron chi connectivity index (χ3n) is 5.10. The van der Waals surface area contributed by atoms with Gasteiger partial charge in [-0.05, 0) is 54.5 Å². The van der Waals surface area contributed by atoms with Gasteiger partial charge in [0.2, 0.25) is 17.6 Å². The summed E-state index contributed by atoms with van der Waals surface area (Å²) in [7, 11) is 1.59. The number of rotatable bonds is 10. The van der Waals surface area contributed by atoms with Crippen LogP contribution in [0.2, 0.25) is 0 Å². The molecule has 0 fully saturated rings. The zero-order chi connectivity index (χ0) is 25.2. The van der Waals surface area contributed by atoms with Crippen LogP contribution >= 0.6 is 0 Å². The van der Waals surface area contributed by atoms with Crippen molar-refractivity contribution in [1.82, 2.24) is 15.1 Å². The van der Waals surface area contributed by atoms with Crippen molar-refractivity contribution in [3.63, 3.8) is 0 Å². The lowest BCUT2D eigenvalue weighted by Crippen LogP contribution is -2.14. The number of para-hydroxylation sites is 1. The van der Waals surface area contributed by atoms with Crippen molar-refractivity contribution in [2.45, 2.75) is 12.8 Å². The van der Waals surface area contributed by atoms with Crippen molar-refractivity contribution in [3.05, 3.63) is 96.2 Å². The van der Waals surface area contributed by atoms with E-state index < -0.39 is 5.97 Å². The second-order valence-electron chi connectivity index (χ2n) is 7.63. The average molecular weight is 485 g/mol. The third-order valence-corrected chi connectivity index (χ3v) is 5.10. The number of amides is 1. The molecule has 2 aromatic heterocycles. The molecule has 0 aliphatic heterocycles. The molecule has 0 spiro atoms. The zero-order valence-corrected chi connectivity index (χ0v) is 19.6. The number of benzene rings is 2. The van der Waals surface area contributed by atoms with E-state index in [2.05, 4.69) is 20.4 Å². The smallest absolute Gasteiger partial charge is 0.340 e. The number of hydrogen-bond donors (Lipinski definition) is 1. The van der Waals surface area contributed by atoms with Gasteiger partial charge in [-0.1, -0.05) is 29.4 Å². The highest BCUT2D eigenvalue weighted by atomic mass is 16.5. The van der Waals surface area contributed by atoms with Gasteiger partial charge in [0.15, 0.2) is 0 Å². The summed E-state index contributed by atoms with van der Waals surface area (Å²) in [6.45, 7) is 0.156. The van der Waals surface area contributed by atoms with E-state index in [1.165, 1.54) is 6.08 Å². The van der Waals surface area contributed by atoms with E-state index in [0.717, 1.165) is 16.9 Å². The molecule has 9 nitrogen and oxygen atoms in total. The Morgan fingerprint density at radius 1 is 1.06 bits per heavy atom. The van der Waals surface area contributed by atoms with Crippen LogP contribution in [0.4, 0.5) is 5.69 Å². The van der Waals surface area contributed by atoms with Gasteiger partial charge in [-0.2, -0.15) is 4.98 Å². The molecule has 1 amide bonds. The summed E-state index contributed by atoms with van der Waals surface area (Å²) in [5, 5.41) is 6.67.